The predicted molar refractivity (Wildman–Crippen MR) is 151 cm³/mol. The van der Waals surface area contributed by atoms with Crippen molar-refractivity contribution in [3.05, 3.63) is 40.6 Å². The number of nitrogen functional groups attached to an aromatic ring is 1. The molecule has 3 N–H and O–H groups in total. The third-order valence-corrected chi connectivity index (χ3v) is 10.1. The van der Waals surface area contributed by atoms with Crippen LogP contribution in [0.4, 0.5) is 15.9 Å². The summed E-state index contributed by atoms with van der Waals surface area (Å²) in [6, 6.07) is 6.53. The van der Waals surface area contributed by atoms with Gasteiger partial charge in [-0.25, -0.2) is 4.39 Å². The second-order valence-electron chi connectivity index (χ2n) is 13.2. The third kappa shape index (κ3) is 4.64. The molecule has 5 heterocycles. The summed E-state index contributed by atoms with van der Waals surface area (Å²) in [6.45, 7) is 5.43. The first-order valence-electron chi connectivity index (χ1n) is 15.2. The van der Waals surface area contributed by atoms with E-state index in [0.29, 0.717) is 45.2 Å². The van der Waals surface area contributed by atoms with E-state index < -0.39 is 17.4 Å². The fourth-order valence-corrected chi connectivity index (χ4v) is 8.12. The number of fused-ring (bicyclic) bond motifs is 4. The maximum atomic E-state index is 14.4. The van der Waals surface area contributed by atoms with E-state index in [1.807, 2.05) is 13.0 Å². The van der Waals surface area contributed by atoms with Gasteiger partial charge in [-0.15, -0.1) is 0 Å². The number of rotatable bonds is 4. The monoisotopic (exact) mass is 551 g/mol. The summed E-state index contributed by atoms with van der Waals surface area (Å²) in [5.74, 6) is 0.802. The highest BCUT2D eigenvalue weighted by Gasteiger charge is 2.50. The van der Waals surface area contributed by atoms with Crippen LogP contribution in [0.2, 0.25) is 0 Å². The lowest BCUT2D eigenvalue weighted by atomic mass is 9.74. The summed E-state index contributed by atoms with van der Waals surface area (Å²) >= 11 is 0. The number of benzene rings is 1. The van der Waals surface area contributed by atoms with Crippen molar-refractivity contribution in [1.82, 2.24) is 14.9 Å². The molecule has 0 amide bonds. The molecule has 1 aliphatic carbocycles. The van der Waals surface area contributed by atoms with Gasteiger partial charge in [-0.05, 0) is 88.1 Å². The largest absolute Gasteiger partial charge is 0.461 e. The SMILES string of the molecule is C[C@]1(O)CCCCN(c2nc(OC[C@]34CCCN3C[C@H](F)C4)nc3c2COC2(CCCc4ccc(N)cc42)C3)C1. The molecule has 1 unspecified atom stereocenters. The topological polar surface area (TPSA) is 97.0 Å². The van der Waals surface area contributed by atoms with Gasteiger partial charge in [0, 0.05) is 43.7 Å². The molecule has 0 bridgehead atoms. The van der Waals surface area contributed by atoms with Crippen molar-refractivity contribution < 1.29 is 19.0 Å². The van der Waals surface area contributed by atoms with Crippen molar-refractivity contribution in [2.24, 2.45) is 0 Å². The Kier molecular flexibility index (Phi) is 6.48. The van der Waals surface area contributed by atoms with Crippen LogP contribution in [0.1, 0.15) is 80.7 Å². The number of hydrogen-bond donors (Lipinski definition) is 2. The summed E-state index contributed by atoms with van der Waals surface area (Å²) in [6.07, 6.45) is 8.03. The Hall–Kier alpha value is -2.49. The number of nitrogens with two attached hydrogens (primary N) is 1. The maximum absolute atomic E-state index is 14.4. The molecule has 216 valence electrons. The number of halogens is 1. The van der Waals surface area contributed by atoms with Gasteiger partial charge in [-0.1, -0.05) is 6.07 Å². The van der Waals surface area contributed by atoms with E-state index in [0.717, 1.165) is 87.2 Å². The van der Waals surface area contributed by atoms with Crippen molar-refractivity contribution in [3.63, 3.8) is 0 Å². The van der Waals surface area contributed by atoms with Crippen molar-refractivity contribution in [2.75, 3.05) is 43.4 Å². The van der Waals surface area contributed by atoms with Gasteiger partial charge in [-0.3, -0.25) is 4.90 Å². The highest BCUT2D eigenvalue weighted by molar-refractivity contribution is 5.54. The Morgan fingerprint density at radius 1 is 1.15 bits per heavy atom. The van der Waals surface area contributed by atoms with Gasteiger partial charge in [-0.2, -0.15) is 9.97 Å². The van der Waals surface area contributed by atoms with E-state index in [1.54, 1.807) is 0 Å². The molecule has 0 saturated carbocycles. The minimum Gasteiger partial charge on any atom is -0.461 e. The van der Waals surface area contributed by atoms with Gasteiger partial charge < -0.3 is 25.2 Å². The van der Waals surface area contributed by atoms with E-state index in [4.69, 9.17) is 25.2 Å². The first kappa shape index (κ1) is 26.4. The smallest absolute Gasteiger partial charge is 0.318 e. The van der Waals surface area contributed by atoms with Gasteiger partial charge in [0.25, 0.3) is 0 Å². The van der Waals surface area contributed by atoms with Crippen LogP contribution in [0.5, 0.6) is 6.01 Å². The normalized spacial score (nSPS) is 33.9. The number of β-amino-alcohol motifs (C(OH)–C–C–N with tert-alkyl or cyclic N) is 1. The highest BCUT2D eigenvalue weighted by atomic mass is 19.1. The van der Waals surface area contributed by atoms with E-state index in [2.05, 4.69) is 21.9 Å². The van der Waals surface area contributed by atoms with Gasteiger partial charge in [0.2, 0.25) is 0 Å². The molecule has 2 aromatic rings. The number of hydrogen-bond acceptors (Lipinski definition) is 8. The lowest BCUT2D eigenvalue weighted by Crippen LogP contribution is -2.44. The zero-order valence-electron chi connectivity index (χ0n) is 23.6. The number of aliphatic hydroxyl groups is 1. The van der Waals surface area contributed by atoms with Crippen LogP contribution >= 0.6 is 0 Å². The van der Waals surface area contributed by atoms with Gasteiger partial charge >= 0.3 is 6.01 Å². The first-order chi connectivity index (χ1) is 19.2. The van der Waals surface area contributed by atoms with E-state index in [9.17, 15) is 9.50 Å². The summed E-state index contributed by atoms with van der Waals surface area (Å²) < 4.78 is 27.6. The second-order valence-corrected chi connectivity index (χ2v) is 13.2. The molecular weight excluding hydrogens is 509 g/mol. The van der Waals surface area contributed by atoms with Crippen LogP contribution in [-0.4, -0.2) is 70.1 Å². The molecule has 4 aliphatic heterocycles. The van der Waals surface area contributed by atoms with Crippen LogP contribution in [0.25, 0.3) is 0 Å². The predicted octanol–water partition coefficient (Wildman–Crippen LogP) is 4.06. The molecule has 7 rings (SSSR count). The Labute approximate surface area is 236 Å². The fourth-order valence-electron chi connectivity index (χ4n) is 8.12. The number of aromatic nitrogens is 2. The molecule has 5 aliphatic rings. The summed E-state index contributed by atoms with van der Waals surface area (Å²) in [7, 11) is 0. The van der Waals surface area contributed by atoms with Crippen LogP contribution < -0.4 is 15.4 Å². The van der Waals surface area contributed by atoms with Crippen molar-refractivity contribution in [2.45, 2.75) is 101 Å². The zero-order chi connectivity index (χ0) is 27.5. The summed E-state index contributed by atoms with van der Waals surface area (Å²) in [5.41, 5.74) is 9.84. The molecule has 40 heavy (non-hydrogen) atoms. The Morgan fingerprint density at radius 3 is 2.95 bits per heavy atom. The highest BCUT2D eigenvalue weighted by Crippen LogP contribution is 2.47. The molecule has 0 radical (unpaired) electrons. The average Bonchev–Trinajstić information content (AvgIpc) is 3.38. The lowest BCUT2D eigenvalue weighted by Gasteiger charge is -2.43. The standard InChI is InChI=1S/C31H42FN5O3/c1-29(38)9-2-3-12-36(19-29)27-24-18-40-31(11-4-6-21-7-8-23(33)14-25(21)31)16-26(24)34-28(35-27)39-20-30-10-5-13-37(30)17-22(32)15-30/h7-8,14,22,38H,2-6,9-13,15-20,33H2,1H3/t22-,29+,30-,31?/m1/s1. The number of alkyl halides is 1. The Morgan fingerprint density at radius 2 is 2.05 bits per heavy atom. The van der Waals surface area contributed by atoms with Crippen molar-refractivity contribution in [1.29, 1.82) is 0 Å². The van der Waals surface area contributed by atoms with Gasteiger partial charge in [0.1, 0.15) is 18.6 Å². The number of aryl methyl sites for hydroxylation is 1. The molecule has 3 saturated heterocycles. The molecular formula is C31H42FN5O3. The first-order valence-corrected chi connectivity index (χ1v) is 15.2. The number of nitrogens with zero attached hydrogens (tertiary/aromatic N) is 4. The maximum Gasteiger partial charge on any atom is 0.318 e. The molecule has 4 atom stereocenters. The average molecular weight is 552 g/mol. The third-order valence-electron chi connectivity index (χ3n) is 10.1. The molecule has 8 nitrogen and oxygen atoms in total. The molecule has 1 spiro atoms. The zero-order valence-corrected chi connectivity index (χ0v) is 23.6. The van der Waals surface area contributed by atoms with E-state index in [1.165, 1.54) is 11.1 Å². The molecule has 3 fully saturated rings. The number of ether oxygens (including phenoxy) is 2. The van der Waals surface area contributed by atoms with Crippen molar-refractivity contribution in [3.8, 4) is 6.01 Å². The quantitative estimate of drug-likeness (QED) is 0.550. The van der Waals surface area contributed by atoms with Gasteiger partial charge in [0.15, 0.2) is 0 Å². The molecule has 1 aromatic heterocycles. The van der Waals surface area contributed by atoms with Gasteiger partial charge in [0.05, 0.1) is 29.0 Å². The lowest BCUT2D eigenvalue weighted by molar-refractivity contribution is -0.0855. The van der Waals surface area contributed by atoms with Crippen LogP contribution in [0.15, 0.2) is 18.2 Å². The number of anilines is 2. The molecule has 1 aromatic carbocycles. The minimum atomic E-state index is -0.806. The Balaban J connectivity index is 1.26. The second kappa shape index (κ2) is 9.81. The van der Waals surface area contributed by atoms with Crippen LogP contribution in [-0.2, 0) is 29.8 Å². The van der Waals surface area contributed by atoms with Crippen LogP contribution in [0.3, 0.4) is 0 Å². The van der Waals surface area contributed by atoms with Crippen LogP contribution in [0, 0.1) is 0 Å². The van der Waals surface area contributed by atoms with Crippen molar-refractivity contribution >= 4 is 11.5 Å². The Bertz CT molecular complexity index is 1290. The summed E-state index contributed by atoms with van der Waals surface area (Å²) in [4.78, 5) is 14.4. The molecule has 9 heteroatoms. The minimum absolute atomic E-state index is 0.269. The fraction of sp³-hybridized carbons (Fsp3) is 0.677. The summed E-state index contributed by atoms with van der Waals surface area (Å²) in [5, 5.41) is 11.1. The van der Waals surface area contributed by atoms with E-state index >= 15 is 0 Å². The van der Waals surface area contributed by atoms with E-state index in [-0.39, 0.29) is 5.54 Å².